The Bertz CT molecular complexity index is 149. The van der Waals surface area contributed by atoms with E-state index in [9.17, 15) is 4.57 Å². The van der Waals surface area contributed by atoms with Gasteiger partial charge in [0.15, 0.2) is 0 Å². The average Bonchev–Trinajstić information content (AvgIpc) is 2.01. The zero-order valence-corrected chi connectivity index (χ0v) is 8.25. The summed E-state index contributed by atoms with van der Waals surface area (Å²) in [5.74, 6) is 0. The molecule has 0 aromatic heterocycles. The predicted molar refractivity (Wildman–Crippen MR) is 44.4 cm³/mol. The lowest BCUT2D eigenvalue weighted by Gasteiger charge is -2.12. The van der Waals surface area contributed by atoms with Gasteiger partial charge in [-0.3, -0.25) is 4.57 Å². The SMILES string of the molecule is COCCOP(C)(=O)OCCO. The molecule has 12 heavy (non-hydrogen) atoms. The monoisotopic (exact) mass is 198 g/mol. The molecule has 0 bridgehead atoms. The van der Waals surface area contributed by atoms with Crippen LogP contribution in [0.1, 0.15) is 0 Å². The molecule has 74 valence electrons. The third-order valence-corrected chi connectivity index (χ3v) is 2.33. The Kier molecular flexibility index (Phi) is 6.61. The molecule has 0 fully saturated rings. The van der Waals surface area contributed by atoms with Gasteiger partial charge in [-0.15, -0.1) is 0 Å². The lowest BCUT2D eigenvalue weighted by atomic mass is 10.8. The highest BCUT2D eigenvalue weighted by molar-refractivity contribution is 7.52. The number of aliphatic hydroxyl groups is 1. The Labute approximate surface area is 72.2 Å². The summed E-state index contributed by atoms with van der Waals surface area (Å²) in [6.07, 6.45) is 0. The second-order valence-corrected chi connectivity index (χ2v) is 4.21. The number of rotatable bonds is 7. The maximum Gasteiger partial charge on any atom is 0.327 e. The summed E-state index contributed by atoms with van der Waals surface area (Å²) in [7, 11) is -1.45. The third kappa shape index (κ3) is 6.76. The summed E-state index contributed by atoms with van der Waals surface area (Å²) in [4.78, 5) is 0. The van der Waals surface area contributed by atoms with Gasteiger partial charge in [-0.25, -0.2) is 0 Å². The lowest BCUT2D eigenvalue weighted by molar-refractivity contribution is 0.120. The minimum atomic E-state index is -2.98. The normalized spacial score (nSPS) is 15.9. The second-order valence-electron chi connectivity index (χ2n) is 2.15. The molecule has 0 radical (unpaired) electrons. The molecular weight excluding hydrogens is 183 g/mol. The quantitative estimate of drug-likeness (QED) is 0.476. The first kappa shape index (κ1) is 12.1. The number of ether oxygens (including phenoxy) is 1. The molecule has 0 spiro atoms. The van der Waals surface area contributed by atoms with Crippen LogP contribution >= 0.6 is 7.60 Å². The van der Waals surface area contributed by atoms with E-state index in [4.69, 9.17) is 18.9 Å². The molecule has 5 nitrogen and oxygen atoms in total. The van der Waals surface area contributed by atoms with Crippen molar-refractivity contribution >= 4 is 7.60 Å². The summed E-state index contributed by atoms with van der Waals surface area (Å²) in [5.41, 5.74) is 0. The zero-order chi connectivity index (χ0) is 9.45. The van der Waals surface area contributed by atoms with Gasteiger partial charge in [0, 0.05) is 13.8 Å². The lowest BCUT2D eigenvalue weighted by Crippen LogP contribution is -2.04. The second kappa shape index (κ2) is 6.57. The van der Waals surface area contributed by atoms with E-state index in [1.165, 1.54) is 13.8 Å². The number of aliphatic hydroxyl groups excluding tert-OH is 1. The molecule has 0 saturated carbocycles. The fourth-order valence-electron chi connectivity index (χ4n) is 0.530. The van der Waals surface area contributed by atoms with Gasteiger partial charge in [0.2, 0.25) is 0 Å². The summed E-state index contributed by atoms with van der Waals surface area (Å²) in [6.45, 7) is 1.83. The summed E-state index contributed by atoms with van der Waals surface area (Å²) in [6, 6.07) is 0. The van der Waals surface area contributed by atoms with E-state index >= 15 is 0 Å². The van der Waals surface area contributed by atoms with E-state index < -0.39 is 7.60 Å². The number of hydrogen-bond acceptors (Lipinski definition) is 5. The van der Waals surface area contributed by atoms with Crippen LogP contribution in [-0.4, -0.2) is 45.3 Å². The molecule has 0 rings (SSSR count). The first-order valence-corrected chi connectivity index (χ1v) is 5.58. The van der Waals surface area contributed by atoms with Crippen LogP contribution in [0.3, 0.4) is 0 Å². The number of hydrogen-bond donors (Lipinski definition) is 1. The van der Waals surface area contributed by atoms with Crippen LogP contribution in [0.4, 0.5) is 0 Å². The Morgan fingerprint density at radius 3 is 2.33 bits per heavy atom. The van der Waals surface area contributed by atoms with E-state index in [2.05, 4.69) is 0 Å². The topological polar surface area (TPSA) is 65.0 Å². The summed E-state index contributed by atoms with van der Waals surface area (Å²) in [5, 5.41) is 8.37. The first-order valence-electron chi connectivity index (χ1n) is 3.59. The van der Waals surface area contributed by atoms with Crippen LogP contribution in [0.5, 0.6) is 0 Å². The fourth-order valence-corrected chi connectivity index (χ4v) is 1.42. The Morgan fingerprint density at radius 2 is 1.83 bits per heavy atom. The van der Waals surface area contributed by atoms with Gasteiger partial charge in [-0.05, 0) is 0 Å². The van der Waals surface area contributed by atoms with E-state index in [0.717, 1.165) is 0 Å². The maximum absolute atomic E-state index is 11.2. The van der Waals surface area contributed by atoms with Crippen LogP contribution in [0, 0.1) is 0 Å². The van der Waals surface area contributed by atoms with E-state index in [1.807, 2.05) is 0 Å². The molecule has 1 atom stereocenters. The maximum atomic E-state index is 11.2. The minimum absolute atomic E-state index is 0.0285. The van der Waals surface area contributed by atoms with Gasteiger partial charge in [0.05, 0.1) is 26.4 Å². The van der Waals surface area contributed by atoms with Crippen LogP contribution in [0.25, 0.3) is 0 Å². The van der Waals surface area contributed by atoms with Crippen molar-refractivity contribution in [3.8, 4) is 0 Å². The standard InChI is InChI=1S/C6H15O5P/c1-9-5-6-11-12(2,8)10-4-3-7/h7H,3-6H2,1-2H3. The molecule has 0 saturated heterocycles. The molecule has 0 heterocycles. The highest BCUT2D eigenvalue weighted by Crippen LogP contribution is 2.43. The van der Waals surface area contributed by atoms with E-state index in [0.29, 0.717) is 6.61 Å². The fraction of sp³-hybridized carbons (Fsp3) is 1.00. The highest BCUT2D eigenvalue weighted by atomic mass is 31.2. The first-order chi connectivity index (χ1) is 5.62. The molecule has 0 aliphatic heterocycles. The Morgan fingerprint density at radius 1 is 1.25 bits per heavy atom. The smallest absolute Gasteiger partial charge is 0.327 e. The molecule has 1 unspecified atom stereocenters. The largest absolute Gasteiger partial charge is 0.394 e. The molecule has 0 aromatic rings. The predicted octanol–water partition coefficient (Wildman–Crippen LogP) is 0.481. The Balaban J connectivity index is 3.49. The van der Waals surface area contributed by atoms with Gasteiger partial charge >= 0.3 is 7.60 Å². The van der Waals surface area contributed by atoms with Gasteiger partial charge in [0.25, 0.3) is 0 Å². The molecule has 0 aliphatic rings. The molecule has 0 amide bonds. The van der Waals surface area contributed by atoms with Crippen LogP contribution in [0.15, 0.2) is 0 Å². The molecule has 6 heteroatoms. The van der Waals surface area contributed by atoms with Crippen LogP contribution < -0.4 is 0 Å². The zero-order valence-electron chi connectivity index (χ0n) is 7.36. The number of methoxy groups -OCH3 is 1. The van der Waals surface area contributed by atoms with Gasteiger partial charge < -0.3 is 18.9 Å². The third-order valence-electron chi connectivity index (χ3n) is 1.03. The van der Waals surface area contributed by atoms with Crippen molar-refractivity contribution < 1.29 is 23.5 Å². The Hall–Kier alpha value is 0.0700. The highest BCUT2D eigenvalue weighted by Gasteiger charge is 2.15. The van der Waals surface area contributed by atoms with Crippen molar-refractivity contribution in [3.05, 3.63) is 0 Å². The van der Waals surface area contributed by atoms with Crippen molar-refractivity contribution in [1.29, 1.82) is 0 Å². The van der Waals surface area contributed by atoms with Crippen molar-refractivity contribution in [2.75, 3.05) is 40.2 Å². The van der Waals surface area contributed by atoms with Crippen molar-refractivity contribution in [2.24, 2.45) is 0 Å². The van der Waals surface area contributed by atoms with Crippen LogP contribution in [-0.2, 0) is 18.3 Å². The van der Waals surface area contributed by atoms with Gasteiger partial charge in [-0.1, -0.05) is 0 Å². The average molecular weight is 198 g/mol. The van der Waals surface area contributed by atoms with Gasteiger partial charge in [0.1, 0.15) is 0 Å². The molecule has 1 N–H and O–H groups in total. The van der Waals surface area contributed by atoms with E-state index in [1.54, 1.807) is 0 Å². The molecule has 0 aromatic carbocycles. The molecular formula is C6H15O5P. The van der Waals surface area contributed by atoms with Crippen molar-refractivity contribution in [3.63, 3.8) is 0 Å². The summed E-state index contributed by atoms with van der Waals surface area (Å²) >= 11 is 0. The van der Waals surface area contributed by atoms with Crippen molar-refractivity contribution in [1.82, 2.24) is 0 Å². The van der Waals surface area contributed by atoms with Crippen molar-refractivity contribution in [2.45, 2.75) is 0 Å². The van der Waals surface area contributed by atoms with Gasteiger partial charge in [-0.2, -0.15) is 0 Å². The van der Waals surface area contributed by atoms with E-state index in [-0.39, 0.29) is 19.8 Å². The van der Waals surface area contributed by atoms with Crippen LogP contribution in [0.2, 0.25) is 0 Å². The minimum Gasteiger partial charge on any atom is -0.394 e. The molecule has 0 aliphatic carbocycles. The summed E-state index contributed by atoms with van der Waals surface area (Å²) < 4.78 is 25.5.